The van der Waals surface area contributed by atoms with Crippen LogP contribution in [-0.4, -0.2) is 28.7 Å². The number of benzene rings is 1. The van der Waals surface area contributed by atoms with Gasteiger partial charge in [0.25, 0.3) is 5.91 Å². The second-order valence-corrected chi connectivity index (χ2v) is 7.51. The van der Waals surface area contributed by atoms with E-state index in [0.717, 1.165) is 23.5 Å². The monoisotopic (exact) mass is 406 g/mol. The number of nitrogens with one attached hydrogen (secondary N) is 2. The first-order valence-electron chi connectivity index (χ1n) is 9.18. The third kappa shape index (κ3) is 5.48. The number of carbonyl (C=O) groups is 2. The number of rotatable bonds is 7. The van der Waals surface area contributed by atoms with Gasteiger partial charge in [-0.1, -0.05) is 25.4 Å². The molecule has 0 aliphatic rings. The van der Waals surface area contributed by atoms with Crippen LogP contribution in [-0.2, 0) is 17.8 Å². The van der Waals surface area contributed by atoms with E-state index in [1.807, 2.05) is 18.5 Å². The Hall–Kier alpha value is -2.54. The fourth-order valence-corrected chi connectivity index (χ4v) is 3.13. The molecule has 1 heterocycles. The maximum Gasteiger partial charge on any atom is 0.273 e. The van der Waals surface area contributed by atoms with Crippen molar-refractivity contribution >= 4 is 23.4 Å². The molecule has 8 heteroatoms. The number of hydrogen-bond acceptors (Lipinski definition) is 4. The number of aryl methyl sites for hydroxylation is 1. The summed E-state index contributed by atoms with van der Waals surface area (Å²) >= 11 is 5.89. The zero-order valence-corrected chi connectivity index (χ0v) is 17.7. The van der Waals surface area contributed by atoms with Crippen LogP contribution < -0.4 is 15.6 Å². The summed E-state index contributed by atoms with van der Waals surface area (Å²) in [5.74, 6) is 0.0768. The van der Waals surface area contributed by atoms with E-state index in [1.165, 1.54) is 7.11 Å². The number of ether oxygens (including phenoxy) is 1. The molecule has 0 aliphatic carbocycles. The molecule has 2 aromatic rings. The lowest BCUT2D eigenvalue weighted by Crippen LogP contribution is -2.41. The van der Waals surface area contributed by atoms with Crippen molar-refractivity contribution in [3.63, 3.8) is 0 Å². The van der Waals surface area contributed by atoms with Gasteiger partial charge in [-0.3, -0.25) is 25.1 Å². The van der Waals surface area contributed by atoms with E-state index < -0.39 is 5.91 Å². The van der Waals surface area contributed by atoms with Gasteiger partial charge in [0.05, 0.1) is 18.4 Å². The molecular formula is C20H27ClN4O3. The molecule has 0 unspecified atom stereocenters. The van der Waals surface area contributed by atoms with Gasteiger partial charge in [0.2, 0.25) is 5.91 Å². The molecule has 0 bridgehead atoms. The van der Waals surface area contributed by atoms with E-state index in [9.17, 15) is 9.59 Å². The summed E-state index contributed by atoms with van der Waals surface area (Å²) in [6.45, 7) is 9.09. The standard InChI is InChI=1S/C20H27ClN4O3/c1-12(2)11-25-14(4)16(13(3)24-25)8-9-19(26)22-23-20(27)17-7-6-15(21)10-18(17)28-5/h6-7,10,12H,8-9,11H2,1-5H3,(H,22,26)(H,23,27). The Morgan fingerprint density at radius 3 is 2.61 bits per heavy atom. The molecule has 28 heavy (non-hydrogen) atoms. The Kier molecular flexibility index (Phi) is 7.45. The predicted molar refractivity (Wildman–Crippen MR) is 108 cm³/mol. The largest absolute Gasteiger partial charge is 0.496 e. The van der Waals surface area contributed by atoms with E-state index in [1.54, 1.807) is 18.2 Å². The molecule has 0 radical (unpaired) electrons. The molecule has 1 aromatic heterocycles. The molecular weight excluding hydrogens is 380 g/mol. The van der Waals surface area contributed by atoms with E-state index in [4.69, 9.17) is 16.3 Å². The van der Waals surface area contributed by atoms with Gasteiger partial charge in [-0.2, -0.15) is 5.10 Å². The Bertz CT molecular complexity index is 861. The average molecular weight is 407 g/mol. The van der Waals surface area contributed by atoms with E-state index >= 15 is 0 Å². The average Bonchev–Trinajstić information content (AvgIpc) is 2.90. The summed E-state index contributed by atoms with van der Waals surface area (Å²) < 4.78 is 7.14. The van der Waals surface area contributed by atoms with Crippen molar-refractivity contribution in [3.8, 4) is 5.75 Å². The number of hydrogen-bond donors (Lipinski definition) is 2. The SMILES string of the molecule is COc1cc(Cl)ccc1C(=O)NNC(=O)CCc1c(C)nn(CC(C)C)c1C. The molecule has 2 rings (SSSR count). The number of methoxy groups -OCH3 is 1. The first-order valence-corrected chi connectivity index (χ1v) is 9.56. The summed E-state index contributed by atoms with van der Waals surface area (Å²) in [6.07, 6.45) is 0.800. The number of halogens is 1. The summed E-state index contributed by atoms with van der Waals surface area (Å²) in [5, 5.41) is 5.02. The number of carbonyl (C=O) groups excluding carboxylic acids is 2. The van der Waals surface area contributed by atoms with Crippen molar-refractivity contribution in [2.75, 3.05) is 7.11 Å². The molecule has 0 spiro atoms. The van der Waals surface area contributed by atoms with Crippen molar-refractivity contribution in [1.29, 1.82) is 0 Å². The lowest BCUT2D eigenvalue weighted by atomic mass is 10.1. The summed E-state index contributed by atoms with van der Waals surface area (Å²) in [6, 6.07) is 4.67. The molecule has 7 nitrogen and oxygen atoms in total. The Balaban J connectivity index is 1.92. The van der Waals surface area contributed by atoms with E-state index in [0.29, 0.717) is 23.1 Å². The minimum Gasteiger partial charge on any atom is -0.496 e. The van der Waals surface area contributed by atoms with Gasteiger partial charge >= 0.3 is 0 Å². The van der Waals surface area contributed by atoms with Gasteiger partial charge in [0.1, 0.15) is 5.75 Å². The van der Waals surface area contributed by atoms with Crippen molar-refractivity contribution in [2.24, 2.45) is 5.92 Å². The topological polar surface area (TPSA) is 85.2 Å². The lowest BCUT2D eigenvalue weighted by Gasteiger charge is -2.11. The summed E-state index contributed by atoms with van der Waals surface area (Å²) in [4.78, 5) is 24.4. The number of nitrogens with zero attached hydrogens (tertiary/aromatic N) is 2. The molecule has 2 amide bonds. The molecule has 0 saturated carbocycles. The van der Waals surface area contributed by atoms with Gasteiger partial charge in [0, 0.05) is 23.7 Å². The Labute approximate surface area is 170 Å². The van der Waals surface area contributed by atoms with Crippen LogP contribution in [0.25, 0.3) is 0 Å². The zero-order valence-electron chi connectivity index (χ0n) is 16.9. The lowest BCUT2D eigenvalue weighted by molar-refractivity contribution is -0.121. The molecule has 1 aromatic carbocycles. The maximum absolute atomic E-state index is 12.3. The third-order valence-corrected chi connectivity index (χ3v) is 4.63. The number of hydrazine groups is 1. The normalized spacial score (nSPS) is 10.8. The van der Waals surface area contributed by atoms with Crippen LogP contribution in [0, 0.1) is 19.8 Å². The van der Waals surface area contributed by atoms with Crippen molar-refractivity contribution in [3.05, 3.63) is 45.7 Å². The maximum atomic E-state index is 12.3. The third-order valence-electron chi connectivity index (χ3n) is 4.40. The van der Waals surface area contributed by atoms with Gasteiger partial charge in [-0.15, -0.1) is 0 Å². The zero-order chi connectivity index (χ0) is 20.8. The number of aromatic nitrogens is 2. The van der Waals surface area contributed by atoms with Crippen LogP contribution in [0.15, 0.2) is 18.2 Å². The minimum atomic E-state index is -0.473. The van der Waals surface area contributed by atoms with E-state index in [-0.39, 0.29) is 17.9 Å². The highest BCUT2D eigenvalue weighted by Gasteiger charge is 2.16. The molecule has 0 saturated heterocycles. The second kappa shape index (κ2) is 9.59. The fraction of sp³-hybridized carbons (Fsp3) is 0.450. The quantitative estimate of drug-likeness (QED) is 0.691. The van der Waals surface area contributed by atoms with Crippen molar-refractivity contribution in [1.82, 2.24) is 20.6 Å². The van der Waals surface area contributed by atoms with Crippen LogP contribution in [0.3, 0.4) is 0 Å². The molecule has 0 atom stereocenters. The van der Waals surface area contributed by atoms with Crippen molar-refractivity contribution in [2.45, 2.75) is 47.1 Å². The fourth-order valence-electron chi connectivity index (χ4n) is 2.97. The number of amides is 2. The highest BCUT2D eigenvalue weighted by molar-refractivity contribution is 6.30. The van der Waals surface area contributed by atoms with Gasteiger partial charge in [-0.25, -0.2) is 0 Å². The molecule has 0 aliphatic heterocycles. The van der Waals surface area contributed by atoms with Gasteiger partial charge < -0.3 is 4.74 Å². The smallest absolute Gasteiger partial charge is 0.273 e. The molecule has 0 fully saturated rings. The first-order chi connectivity index (χ1) is 13.2. The van der Waals surface area contributed by atoms with Crippen LogP contribution in [0.1, 0.15) is 47.6 Å². The Morgan fingerprint density at radius 1 is 1.25 bits per heavy atom. The molecule has 2 N–H and O–H groups in total. The molecule has 152 valence electrons. The highest BCUT2D eigenvalue weighted by atomic mass is 35.5. The van der Waals surface area contributed by atoms with E-state index in [2.05, 4.69) is 29.8 Å². The van der Waals surface area contributed by atoms with Gasteiger partial charge in [0.15, 0.2) is 0 Å². The minimum absolute atomic E-state index is 0.243. The predicted octanol–water partition coefficient (Wildman–Crippen LogP) is 3.21. The second-order valence-electron chi connectivity index (χ2n) is 7.07. The van der Waals surface area contributed by atoms with Crippen LogP contribution in [0.2, 0.25) is 5.02 Å². The van der Waals surface area contributed by atoms with Crippen LogP contribution >= 0.6 is 11.6 Å². The first kappa shape index (κ1) is 21.8. The van der Waals surface area contributed by atoms with Gasteiger partial charge in [-0.05, 0) is 49.9 Å². The van der Waals surface area contributed by atoms with Crippen LogP contribution in [0.4, 0.5) is 0 Å². The summed E-state index contributed by atoms with van der Waals surface area (Å²) in [7, 11) is 1.45. The highest BCUT2D eigenvalue weighted by Crippen LogP contribution is 2.22. The van der Waals surface area contributed by atoms with Crippen molar-refractivity contribution < 1.29 is 14.3 Å². The van der Waals surface area contributed by atoms with Crippen LogP contribution in [0.5, 0.6) is 5.75 Å². The Morgan fingerprint density at radius 2 is 1.96 bits per heavy atom. The summed E-state index contributed by atoms with van der Waals surface area (Å²) in [5.41, 5.74) is 8.21.